The van der Waals surface area contributed by atoms with Crippen LogP contribution in [0.2, 0.25) is 0 Å². The molecule has 2 aromatic carbocycles. The van der Waals surface area contributed by atoms with Crippen molar-refractivity contribution in [1.82, 2.24) is 0 Å². The fraction of sp³-hybridized carbons (Fsp3) is 0.188. The molecule has 2 rings (SSSR count). The number of hydrogen-bond donors (Lipinski definition) is 0. The predicted molar refractivity (Wildman–Crippen MR) is 70.2 cm³/mol. The highest BCUT2D eigenvalue weighted by Crippen LogP contribution is 2.25. The largest absolute Gasteiger partial charge is 0.302 e. The summed E-state index contributed by atoms with van der Waals surface area (Å²) in [6.07, 6.45) is 1.98. The molecule has 0 amide bonds. The summed E-state index contributed by atoms with van der Waals surface area (Å²) in [6.45, 7) is 2.12. The summed E-state index contributed by atoms with van der Waals surface area (Å²) < 4.78 is 0. The minimum absolute atomic E-state index is 0.146. The van der Waals surface area contributed by atoms with Crippen molar-refractivity contribution in [2.45, 2.75) is 19.3 Å². The molecule has 0 radical (unpaired) electrons. The summed E-state index contributed by atoms with van der Waals surface area (Å²) in [5, 5.41) is 0. The molecule has 0 fully saturated rings. The molecule has 0 heterocycles. The van der Waals surface area contributed by atoms with Crippen LogP contribution >= 0.6 is 0 Å². The van der Waals surface area contributed by atoms with Gasteiger partial charge in [-0.1, -0.05) is 61.5 Å². The number of aldehydes is 1. The minimum atomic E-state index is -0.146. The van der Waals surface area contributed by atoms with Crippen molar-refractivity contribution in [2.24, 2.45) is 0 Å². The molecule has 17 heavy (non-hydrogen) atoms. The average molecular weight is 224 g/mol. The van der Waals surface area contributed by atoms with Gasteiger partial charge in [-0.3, -0.25) is 0 Å². The second kappa shape index (κ2) is 5.44. The van der Waals surface area contributed by atoms with E-state index in [1.54, 1.807) is 0 Å². The van der Waals surface area contributed by atoms with Crippen LogP contribution in [0, 0.1) is 0 Å². The Morgan fingerprint density at radius 1 is 1.00 bits per heavy atom. The SMILES string of the molecule is CCc1ccccc1C(C=O)c1ccccc1. The lowest BCUT2D eigenvalue weighted by Crippen LogP contribution is -2.05. The van der Waals surface area contributed by atoms with E-state index in [2.05, 4.69) is 13.0 Å². The van der Waals surface area contributed by atoms with E-state index in [-0.39, 0.29) is 5.92 Å². The summed E-state index contributed by atoms with van der Waals surface area (Å²) in [5.41, 5.74) is 3.42. The molecule has 1 atom stereocenters. The molecule has 2 aromatic rings. The van der Waals surface area contributed by atoms with Gasteiger partial charge in [-0.2, -0.15) is 0 Å². The quantitative estimate of drug-likeness (QED) is 0.725. The number of carbonyl (C=O) groups excluding carboxylic acids is 1. The third kappa shape index (κ3) is 2.44. The van der Waals surface area contributed by atoms with Gasteiger partial charge in [-0.15, -0.1) is 0 Å². The van der Waals surface area contributed by atoms with E-state index >= 15 is 0 Å². The summed E-state index contributed by atoms with van der Waals surface area (Å²) in [7, 11) is 0. The third-order valence-corrected chi connectivity index (χ3v) is 3.07. The van der Waals surface area contributed by atoms with E-state index in [1.165, 1.54) is 5.56 Å². The van der Waals surface area contributed by atoms with Crippen molar-refractivity contribution in [1.29, 1.82) is 0 Å². The van der Waals surface area contributed by atoms with Crippen LogP contribution in [0.25, 0.3) is 0 Å². The van der Waals surface area contributed by atoms with Crippen LogP contribution in [-0.4, -0.2) is 6.29 Å². The van der Waals surface area contributed by atoms with Gasteiger partial charge in [-0.25, -0.2) is 0 Å². The molecule has 0 saturated heterocycles. The molecule has 86 valence electrons. The maximum absolute atomic E-state index is 11.4. The van der Waals surface area contributed by atoms with Gasteiger partial charge < -0.3 is 4.79 Å². The van der Waals surface area contributed by atoms with Crippen LogP contribution in [0.1, 0.15) is 29.5 Å². The Kier molecular flexibility index (Phi) is 3.71. The number of benzene rings is 2. The zero-order valence-electron chi connectivity index (χ0n) is 9.97. The van der Waals surface area contributed by atoms with Gasteiger partial charge >= 0.3 is 0 Å². The molecule has 0 saturated carbocycles. The van der Waals surface area contributed by atoms with Gasteiger partial charge in [0.05, 0.1) is 5.92 Å². The van der Waals surface area contributed by atoms with E-state index in [1.807, 2.05) is 48.5 Å². The second-order valence-electron chi connectivity index (χ2n) is 4.08. The van der Waals surface area contributed by atoms with Crippen LogP contribution in [0.5, 0.6) is 0 Å². The van der Waals surface area contributed by atoms with Gasteiger partial charge in [0.25, 0.3) is 0 Å². The molecule has 1 heteroatoms. The Bertz CT molecular complexity index is 488. The lowest BCUT2D eigenvalue weighted by Gasteiger charge is -2.14. The predicted octanol–water partition coefficient (Wildman–Crippen LogP) is 3.58. The van der Waals surface area contributed by atoms with Crippen LogP contribution in [0.3, 0.4) is 0 Å². The average Bonchev–Trinajstić information content (AvgIpc) is 2.41. The van der Waals surface area contributed by atoms with Crippen molar-refractivity contribution in [3.8, 4) is 0 Å². The lowest BCUT2D eigenvalue weighted by atomic mass is 9.88. The van der Waals surface area contributed by atoms with E-state index in [0.29, 0.717) is 0 Å². The fourth-order valence-electron chi connectivity index (χ4n) is 2.15. The standard InChI is InChI=1S/C16H16O/c1-2-13-8-6-7-11-15(13)16(12-17)14-9-4-3-5-10-14/h3-12,16H,2H2,1H3. The second-order valence-corrected chi connectivity index (χ2v) is 4.08. The summed E-state index contributed by atoms with van der Waals surface area (Å²) in [4.78, 5) is 11.4. The van der Waals surface area contributed by atoms with E-state index in [9.17, 15) is 4.79 Å². The number of aryl methyl sites for hydroxylation is 1. The van der Waals surface area contributed by atoms with Crippen molar-refractivity contribution in [3.63, 3.8) is 0 Å². The molecule has 0 aromatic heterocycles. The molecular formula is C16H16O. The van der Waals surface area contributed by atoms with Gasteiger partial charge in [0.1, 0.15) is 6.29 Å². The first-order valence-electron chi connectivity index (χ1n) is 5.95. The van der Waals surface area contributed by atoms with E-state index in [4.69, 9.17) is 0 Å². The van der Waals surface area contributed by atoms with E-state index in [0.717, 1.165) is 23.8 Å². The van der Waals surface area contributed by atoms with Crippen molar-refractivity contribution < 1.29 is 4.79 Å². The van der Waals surface area contributed by atoms with E-state index < -0.39 is 0 Å². The Labute approximate surface area is 102 Å². The third-order valence-electron chi connectivity index (χ3n) is 3.07. The van der Waals surface area contributed by atoms with Gasteiger partial charge in [0.15, 0.2) is 0 Å². The Hall–Kier alpha value is -1.89. The molecule has 0 N–H and O–H groups in total. The van der Waals surface area contributed by atoms with Crippen molar-refractivity contribution >= 4 is 6.29 Å². The highest BCUT2D eigenvalue weighted by molar-refractivity contribution is 5.69. The summed E-state index contributed by atoms with van der Waals surface area (Å²) in [5.74, 6) is -0.146. The zero-order chi connectivity index (χ0) is 12.1. The summed E-state index contributed by atoms with van der Waals surface area (Å²) in [6, 6.07) is 18.1. The smallest absolute Gasteiger partial charge is 0.131 e. The maximum Gasteiger partial charge on any atom is 0.131 e. The van der Waals surface area contributed by atoms with Crippen LogP contribution in [0.15, 0.2) is 54.6 Å². The maximum atomic E-state index is 11.4. The molecule has 0 spiro atoms. The topological polar surface area (TPSA) is 17.1 Å². The zero-order valence-corrected chi connectivity index (χ0v) is 9.97. The molecule has 0 bridgehead atoms. The fourth-order valence-corrected chi connectivity index (χ4v) is 2.15. The normalized spacial score (nSPS) is 12.1. The first-order chi connectivity index (χ1) is 8.36. The summed E-state index contributed by atoms with van der Waals surface area (Å²) >= 11 is 0. The highest BCUT2D eigenvalue weighted by atomic mass is 16.1. The Morgan fingerprint density at radius 2 is 1.65 bits per heavy atom. The number of rotatable bonds is 4. The van der Waals surface area contributed by atoms with Crippen molar-refractivity contribution in [2.75, 3.05) is 0 Å². The first kappa shape index (κ1) is 11.6. The molecule has 1 nitrogen and oxygen atoms in total. The van der Waals surface area contributed by atoms with Crippen LogP contribution in [-0.2, 0) is 11.2 Å². The molecular weight excluding hydrogens is 208 g/mol. The Morgan fingerprint density at radius 3 is 2.29 bits per heavy atom. The van der Waals surface area contributed by atoms with Crippen molar-refractivity contribution in [3.05, 3.63) is 71.3 Å². The first-order valence-corrected chi connectivity index (χ1v) is 5.95. The Balaban J connectivity index is 2.46. The molecule has 0 aliphatic heterocycles. The monoisotopic (exact) mass is 224 g/mol. The number of hydrogen-bond acceptors (Lipinski definition) is 1. The molecule has 0 aliphatic carbocycles. The van der Waals surface area contributed by atoms with Gasteiger partial charge in [-0.05, 0) is 23.1 Å². The van der Waals surface area contributed by atoms with Crippen LogP contribution in [0.4, 0.5) is 0 Å². The minimum Gasteiger partial charge on any atom is -0.302 e. The van der Waals surface area contributed by atoms with Crippen LogP contribution < -0.4 is 0 Å². The lowest BCUT2D eigenvalue weighted by molar-refractivity contribution is -0.108. The van der Waals surface area contributed by atoms with Gasteiger partial charge in [0, 0.05) is 0 Å². The number of carbonyl (C=O) groups is 1. The molecule has 0 aliphatic rings. The molecule has 1 unspecified atom stereocenters. The van der Waals surface area contributed by atoms with Gasteiger partial charge in [0.2, 0.25) is 0 Å². The highest BCUT2D eigenvalue weighted by Gasteiger charge is 2.15.